The number of thiazole rings is 1. The van der Waals surface area contributed by atoms with Gasteiger partial charge in [-0.05, 0) is 71.5 Å². The Kier molecular flexibility index (Phi) is 6.99. The average Bonchev–Trinajstić information content (AvgIpc) is 3.31. The van der Waals surface area contributed by atoms with Crippen LogP contribution >= 0.6 is 38.9 Å². The molecule has 7 rings (SSSR count). The monoisotopic (exact) mass is 638 g/mol. The van der Waals surface area contributed by atoms with Crippen molar-refractivity contribution in [3.63, 3.8) is 0 Å². The van der Waals surface area contributed by atoms with Crippen molar-refractivity contribution in [1.82, 2.24) is 4.57 Å². The van der Waals surface area contributed by atoms with Gasteiger partial charge in [-0.3, -0.25) is 9.36 Å². The van der Waals surface area contributed by atoms with Crippen LogP contribution in [0.25, 0.3) is 11.8 Å². The molecule has 1 atom stereocenters. The molecule has 0 radical (unpaired) electrons. The minimum absolute atomic E-state index is 0.0421. The molecular weight excluding hydrogens is 616 g/mol. The largest absolute Gasteiger partial charge is 0.488 e. The van der Waals surface area contributed by atoms with Crippen LogP contribution in [0.3, 0.4) is 0 Å². The highest BCUT2D eigenvalue weighted by Crippen LogP contribution is 2.41. The second-order valence-electron chi connectivity index (χ2n) is 10.1. The molecule has 0 fully saturated rings. The number of hydrogen-bond donors (Lipinski definition) is 0. The number of benzene rings is 4. The predicted molar refractivity (Wildman–Crippen MR) is 169 cm³/mol. The zero-order valence-corrected chi connectivity index (χ0v) is 25.0. The molecule has 41 heavy (non-hydrogen) atoms. The molecule has 0 saturated heterocycles. The van der Waals surface area contributed by atoms with Crippen LogP contribution in [0.15, 0.2) is 117 Å². The summed E-state index contributed by atoms with van der Waals surface area (Å²) in [4.78, 5) is 19.9. The van der Waals surface area contributed by atoms with Gasteiger partial charge < -0.3 is 4.74 Å². The molecule has 0 unspecified atom stereocenters. The van der Waals surface area contributed by atoms with Crippen molar-refractivity contribution >= 4 is 50.6 Å². The van der Waals surface area contributed by atoms with Crippen molar-refractivity contribution in [2.45, 2.75) is 25.5 Å². The zero-order valence-electron chi connectivity index (χ0n) is 21.9. The van der Waals surface area contributed by atoms with Gasteiger partial charge in [0.15, 0.2) is 4.80 Å². The number of rotatable bonds is 5. The molecule has 2 aliphatic rings. The highest BCUT2D eigenvalue weighted by atomic mass is 79.9. The number of hydrogen-bond acceptors (Lipinski definition) is 4. The Balaban J connectivity index is 1.35. The summed E-state index contributed by atoms with van der Waals surface area (Å²) in [6, 6.07) is 32.0. The lowest BCUT2D eigenvalue weighted by atomic mass is 9.83. The smallest absolute Gasteiger partial charge is 0.271 e. The Morgan fingerprint density at radius 2 is 1.71 bits per heavy atom. The van der Waals surface area contributed by atoms with E-state index in [0.29, 0.717) is 26.7 Å². The number of ether oxygens (including phenoxy) is 1. The second-order valence-corrected chi connectivity index (χ2v) is 12.5. The van der Waals surface area contributed by atoms with E-state index in [1.165, 1.54) is 22.5 Å². The summed E-state index contributed by atoms with van der Waals surface area (Å²) in [5.41, 5.74) is 7.56. The molecule has 2 heterocycles. The average molecular weight is 640 g/mol. The third kappa shape index (κ3) is 5.01. The van der Waals surface area contributed by atoms with E-state index in [1.54, 1.807) is 0 Å². The first-order valence-corrected chi connectivity index (χ1v) is 15.4. The zero-order chi connectivity index (χ0) is 27.9. The first kappa shape index (κ1) is 26.2. The van der Waals surface area contributed by atoms with Crippen molar-refractivity contribution in [1.29, 1.82) is 0 Å². The third-order valence-corrected chi connectivity index (χ3v) is 9.34. The SMILES string of the molecule is O=c1/c(=C/c2ccccc2OCc2ccc(Cl)cc2)sc2n1[C@H](c1ccc(Br)cc1)C1=C(N=2)c2ccccc2CC1. The molecule has 0 N–H and O–H groups in total. The van der Waals surface area contributed by atoms with E-state index >= 15 is 0 Å². The number of aromatic nitrogens is 1. The second kappa shape index (κ2) is 10.9. The summed E-state index contributed by atoms with van der Waals surface area (Å²) in [7, 11) is 0. The lowest BCUT2D eigenvalue weighted by Gasteiger charge is -2.30. The Morgan fingerprint density at radius 1 is 0.951 bits per heavy atom. The van der Waals surface area contributed by atoms with Crippen LogP contribution in [0.4, 0.5) is 0 Å². The summed E-state index contributed by atoms with van der Waals surface area (Å²) in [6.07, 6.45) is 3.72. The standard InChI is InChI=1S/C34H24BrClN2O2S/c35-25-14-11-23(12-15-25)32-28-18-13-22-5-1-3-7-27(22)31(28)37-34-38(32)33(39)30(41-34)19-24-6-2-4-8-29(24)40-20-21-9-16-26(36)17-10-21/h1-12,14-17,19,32H,13,18,20H2/b30-19-/t32-/m1/s1. The fourth-order valence-electron chi connectivity index (χ4n) is 5.58. The molecule has 0 spiro atoms. The van der Waals surface area contributed by atoms with Crippen molar-refractivity contribution in [3.05, 3.63) is 160 Å². The van der Waals surface area contributed by atoms with Gasteiger partial charge in [0.1, 0.15) is 12.4 Å². The van der Waals surface area contributed by atoms with Gasteiger partial charge in [0.05, 0.1) is 16.3 Å². The van der Waals surface area contributed by atoms with E-state index in [1.807, 2.05) is 71.3 Å². The Hall–Kier alpha value is -3.71. The number of aryl methyl sites for hydroxylation is 1. The molecule has 4 nitrogen and oxygen atoms in total. The minimum atomic E-state index is -0.207. The fourth-order valence-corrected chi connectivity index (χ4v) is 6.96. The first-order chi connectivity index (χ1) is 20.0. The Morgan fingerprint density at radius 3 is 2.54 bits per heavy atom. The lowest BCUT2D eigenvalue weighted by molar-refractivity contribution is 0.305. The molecule has 1 aliphatic carbocycles. The van der Waals surface area contributed by atoms with E-state index < -0.39 is 0 Å². The molecule has 4 aromatic carbocycles. The summed E-state index contributed by atoms with van der Waals surface area (Å²) >= 11 is 11.0. The summed E-state index contributed by atoms with van der Waals surface area (Å²) in [6.45, 7) is 0.402. The highest BCUT2D eigenvalue weighted by molar-refractivity contribution is 9.10. The van der Waals surface area contributed by atoms with Crippen LogP contribution in [-0.4, -0.2) is 4.57 Å². The molecule has 1 aliphatic heterocycles. The van der Waals surface area contributed by atoms with Gasteiger partial charge in [-0.1, -0.05) is 106 Å². The number of nitrogens with zero attached hydrogens (tertiary/aromatic N) is 2. The van der Waals surface area contributed by atoms with Gasteiger partial charge in [-0.2, -0.15) is 0 Å². The minimum Gasteiger partial charge on any atom is -0.488 e. The van der Waals surface area contributed by atoms with Crippen molar-refractivity contribution < 1.29 is 4.74 Å². The van der Waals surface area contributed by atoms with Gasteiger partial charge in [-0.25, -0.2) is 4.99 Å². The maximum Gasteiger partial charge on any atom is 0.271 e. The van der Waals surface area contributed by atoms with E-state index in [-0.39, 0.29) is 11.6 Å². The van der Waals surface area contributed by atoms with Crippen LogP contribution in [0.2, 0.25) is 5.02 Å². The van der Waals surface area contributed by atoms with Crippen molar-refractivity contribution in [2.75, 3.05) is 0 Å². The quantitative estimate of drug-likeness (QED) is 0.202. The van der Waals surface area contributed by atoms with E-state index in [0.717, 1.165) is 45.3 Å². The maximum absolute atomic E-state index is 14.1. The van der Waals surface area contributed by atoms with Crippen molar-refractivity contribution in [2.24, 2.45) is 4.99 Å². The van der Waals surface area contributed by atoms with Crippen LogP contribution in [0.5, 0.6) is 5.75 Å². The number of para-hydroxylation sites is 1. The lowest BCUT2D eigenvalue weighted by Crippen LogP contribution is -2.38. The van der Waals surface area contributed by atoms with Crippen LogP contribution in [0, 0.1) is 0 Å². The molecule has 202 valence electrons. The van der Waals surface area contributed by atoms with Gasteiger partial charge in [-0.15, -0.1) is 0 Å². The summed E-state index contributed by atoms with van der Waals surface area (Å²) in [5, 5.41) is 0.691. The molecular formula is C34H24BrClN2O2S. The van der Waals surface area contributed by atoms with Crippen LogP contribution < -0.4 is 19.6 Å². The topological polar surface area (TPSA) is 43.6 Å². The van der Waals surface area contributed by atoms with E-state index in [9.17, 15) is 4.79 Å². The Labute approximate surface area is 254 Å². The maximum atomic E-state index is 14.1. The molecule has 0 amide bonds. The molecule has 0 bridgehead atoms. The van der Waals surface area contributed by atoms with Gasteiger partial charge in [0.25, 0.3) is 5.56 Å². The highest BCUT2D eigenvalue weighted by Gasteiger charge is 2.32. The fraction of sp³-hybridized carbons (Fsp3) is 0.118. The molecule has 5 aromatic rings. The third-order valence-electron chi connectivity index (χ3n) is 7.57. The normalized spacial score (nSPS) is 16.0. The van der Waals surface area contributed by atoms with E-state index in [4.69, 9.17) is 21.3 Å². The van der Waals surface area contributed by atoms with E-state index in [2.05, 4.69) is 52.3 Å². The number of allylic oxidation sites excluding steroid dienone is 1. The first-order valence-electron chi connectivity index (χ1n) is 13.4. The summed E-state index contributed by atoms with van der Waals surface area (Å²) < 4.78 is 9.69. The Bertz CT molecular complexity index is 1990. The van der Waals surface area contributed by atoms with Crippen LogP contribution in [0.1, 0.15) is 40.3 Å². The number of halogens is 2. The molecule has 7 heteroatoms. The van der Waals surface area contributed by atoms with Gasteiger partial charge in [0, 0.05) is 20.6 Å². The summed E-state index contributed by atoms with van der Waals surface area (Å²) in [5.74, 6) is 0.714. The molecule has 1 aromatic heterocycles. The van der Waals surface area contributed by atoms with Crippen LogP contribution in [-0.2, 0) is 13.0 Å². The van der Waals surface area contributed by atoms with Gasteiger partial charge >= 0.3 is 0 Å². The van der Waals surface area contributed by atoms with Gasteiger partial charge in [0.2, 0.25) is 0 Å². The molecule has 0 saturated carbocycles. The number of fused-ring (bicyclic) bond motifs is 3. The predicted octanol–water partition coefficient (Wildman–Crippen LogP) is 7.31. The van der Waals surface area contributed by atoms with Crippen molar-refractivity contribution in [3.8, 4) is 5.75 Å².